The van der Waals surface area contributed by atoms with E-state index in [2.05, 4.69) is 47.8 Å². The minimum absolute atomic E-state index is 0.130. The SMILES string of the molecule is O=C(N(CCO)CCO)C(Br)(Br)Br. The van der Waals surface area contributed by atoms with Crippen LogP contribution in [0.2, 0.25) is 0 Å². The highest BCUT2D eigenvalue weighted by atomic mass is 80.0. The highest BCUT2D eigenvalue weighted by Crippen LogP contribution is 2.35. The molecule has 0 aliphatic heterocycles. The molecule has 78 valence electrons. The Morgan fingerprint density at radius 1 is 1.15 bits per heavy atom. The van der Waals surface area contributed by atoms with Crippen molar-refractivity contribution in [3.63, 3.8) is 0 Å². The lowest BCUT2D eigenvalue weighted by Crippen LogP contribution is -2.41. The van der Waals surface area contributed by atoms with E-state index in [1.807, 2.05) is 0 Å². The van der Waals surface area contributed by atoms with Crippen LogP contribution in [0.5, 0.6) is 0 Å². The first-order valence-corrected chi connectivity index (χ1v) is 5.89. The standard InChI is InChI=1S/C6H10Br3NO3/c7-6(8,9)5(13)10(1-3-11)2-4-12/h11-12H,1-4H2. The number of hydrogen-bond donors (Lipinski definition) is 2. The molecule has 0 aromatic heterocycles. The van der Waals surface area contributed by atoms with Crippen molar-refractivity contribution >= 4 is 53.7 Å². The molecule has 0 saturated carbocycles. The lowest BCUT2D eigenvalue weighted by Gasteiger charge is -2.24. The van der Waals surface area contributed by atoms with E-state index in [-0.39, 0.29) is 32.2 Å². The molecule has 0 aromatic carbocycles. The van der Waals surface area contributed by atoms with Crippen LogP contribution >= 0.6 is 47.8 Å². The first kappa shape index (κ1) is 13.8. The topological polar surface area (TPSA) is 60.8 Å². The number of nitrogens with zero attached hydrogens (tertiary/aromatic N) is 1. The summed E-state index contributed by atoms with van der Waals surface area (Å²) >= 11 is 9.19. The van der Waals surface area contributed by atoms with E-state index in [4.69, 9.17) is 10.2 Å². The number of aliphatic hydroxyl groups excluding tert-OH is 2. The highest BCUT2D eigenvalue weighted by Gasteiger charge is 2.32. The van der Waals surface area contributed by atoms with Crippen molar-refractivity contribution in [2.75, 3.05) is 26.3 Å². The van der Waals surface area contributed by atoms with Gasteiger partial charge in [-0.05, 0) is 47.8 Å². The summed E-state index contributed by atoms with van der Waals surface area (Å²) in [6.45, 7) is 0.136. The Morgan fingerprint density at radius 2 is 1.54 bits per heavy atom. The molecule has 0 atom stereocenters. The van der Waals surface area contributed by atoms with Crippen LogP contribution in [-0.2, 0) is 4.79 Å². The molecule has 0 heterocycles. The summed E-state index contributed by atoms with van der Waals surface area (Å²) in [5.41, 5.74) is 0. The van der Waals surface area contributed by atoms with Crippen molar-refractivity contribution in [1.82, 2.24) is 4.90 Å². The summed E-state index contributed by atoms with van der Waals surface area (Å²) in [5, 5.41) is 17.3. The summed E-state index contributed by atoms with van der Waals surface area (Å²) in [7, 11) is 0. The lowest BCUT2D eigenvalue weighted by atomic mass is 10.4. The van der Waals surface area contributed by atoms with Crippen LogP contribution in [-0.4, -0.2) is 49.5 Å². The minimum atomic E-state index is -1.02. The Morgan fingerprint density at radius 3 is 1.77 bits per heavy atom. The number of carbonyl (C=O) groups is 1. The van der Waals surface area contributed by atoms with E-state index in [0.29, 0.717) is 0 Å². The van der Waals surface area contributed by atoms with Crippen molar-refractivity contribution in [3.05, 3.63) is 0 Å². The van der Waals surface area contributed by atoms with Crippen molar-refractivity contribution in [3.8, 4) is 0 Å². The van der Waals surface area contributed by atoms with Crippen LogP contribution in [0.15, 0.2) is 0 Å². The average molecular weight is 384 g/mol. The molecule has 7 heteroatoms. The van der Waals surface area contributed by atoms with Gasteiger partial charge >= 0.3 is 0 Å². The number of carbonyl (C=O) groups excluding carboxylic acids is 1. The maximum atomic E-state index is 11.5. The molecule has 4 nitrogen and oxygen atoms in total. The van der Waals surface area contributed by atoms with Crippen molar-refractivity contribution in [2.24, 2.45) is 0 Å². The Kier molecular flexibility index (Phi) is 6.74. The van der Waals surface area contributed by atoms with Gasteiger partial charge in [0.05, 0.1) is 13.2 Å². The molecule has 13 heavy (non-hydrogen) atoms. The zero-order valence-corrected chi connectivity index (χ0v) is 11.5. The Bertz CT molecular complexity index is 165. The molecule has 0 bridgehead atoms. The van der Waals surface area contributed by atoms with E-state index in [0.717, 1.165) is 0 Å². The summed E-state index contributed by atoms with van der Waals surface area (Å²) in [6.07, 6.45) is 0. The van der Waals surface area contributed by atoms with Crippen LogP contribution in [0.3, 0.4) is 0 Å². The van der Waals surface area contributed by atoms with Gasteiger partial charge in [0.2, 0.25) is 2.14 Å². The first-order chi connectivity index (χ1) is 5.93. The summed E-state index contributed by atoms with van der Waals surface area (Å²) < 4.78 is -1.02. The van der Waals surface area contributed by atoms with Gasteiger partial charge in [-0.25, -0.2) is 0 Å². The van der Waals surface area contributed by atoms with Crippen molar-refractivity contribution in [2.45, 2.75) is 2.14 Å². The van der Waals surface area contributed by atoms with Crippen LogP contribution < -0.4 is 0 Å². The maximum Gasteiger partial charge on any atom is 0.261 e. The van der Waals surface area contributed by atoms with Crippen LogP contribution in [0.25, 0.3) is 0 Å². The van der Waals surface area contributed by atoms with E-state index in [1.54, 1.807) is 0 Å². The Hall–Kier alpha value is 0.830. The zero-order valence-electron chi connectivity index (χ0n) is 6.71. The van der Waals surface area contributed by atoms with Gasteiger partial charge in [-0.3, -0.25) is 4.79 Å². The molecule has 0 rings (SSSR count). The second-order valence-electron chi connectivity index (χ2n) is 2.24. The third-order valence-corrected chi connectivity index (χ3v) is 2.29. The molecule has 0 aliphatic carbocycles. The van der Waals surface area contributed by atoms with E-state index < -0.39 is 2.14 Å². The normalized spacial score (nSPS) is 11.5. The zero-order chi connectivity index (χ0) is 10.5. The van der Waals surface area contributed by atoms with Gasteiger partial charge in [0.25, 0.3) is 5.91 Å². The smallest absolute Gasteiger partial charge is 0.261 e. The number of halogens is 3. The molecule has 0 unspecified atom stereocenters. The van der Waals surface area contributed by atoms with Gasteiger partial charge in [-0.1, -0.05) is 0 Å². The fourth-order valence-corrected chi connectivity index (χ4v) is 1.49. The van der Waals surface area contributed by atoms with Gasteiger partial charge in [0.15, 0.2) is 0 Å². The van der Waals surface area contributed by atoms with Gasteiger partial charge in [0, 0.05) is 13.1 Å². The molecule has 0 saturated heterocycles. The molecule has 1 amide bonds. The van der Waals surface area contributed by atoms with Gasteiger partial charge in [-0.2, -0.15) is 0 Å². The number of hydrogen-bond acceptors (Lipinski definition) is 3. The monoisotopic (exact) mass is 381 g/mol. The van der Waals surface area contributed by atoms with Gasteiger partial charge in [-0.15, -0.1) is 0 Å². The van der Waals surface area contributed by atoms with Crippen LogP contribution in [0.4, 0.5) is 0 Å². The molecule has 0 fully saturated rings. The van der Waals surface area contributed by atoms with E-state index in [9.17, 15) is 4.79 Å². The average Bonchev–Trinajstić information content (AvgIpc) is 2.01. The lowest BCUT2D eigenvalue weighted by molar-refractivity contribution is -0.130. The molecule has 0 aromatic rings. The first-order valence-electron chi connectivity index (χ1n) is 3.51. The van der Waals surface area contributed by atoms with Crippen molar-refractivity contribution in [1.29, 1.82) is 0 Å². The van der Waals surface area contributed by atoms with Crippen LogP contribution in [0, 0.1) is 0 Å². The minimum Gasteiger partial charge on any atom is -0.395 e. The predicted molar refractivity (Wildman–Crippen MR) is 60.3 cm³/mol. The molecule has 2 N–H and O–H groups in total. The molecule has 0 aliphatic rings. The maximum absolute atomic E-state index is 11.5. The third-order valence-electron chi connectivity index (χ3n) is 1.27. The molecule has 0 radical (unpaired) electrons. The largest absolute Gasteiger partial charge is 0.395 e. The predicted octanol–water partition coefficient (Wildman–Crippen LogP) is 0.638. The quantitative estimate of drug-likeness (QED) is 0.700. The number of rotatable bonds is 4. The van der Waals surface area contributed by atoms with E-state index in [1.165, 1.54) is 4.90 Å². The fraction of sp³-hybridized carbons (Fsp3) is 0.833. The Balaban J connectivity index is 4.27. The van der Waals surface area contributed by atoms with Gasteiger partial charge in [0.1, 0.15) is 0 Å². The third kappa shape index (κ3) is 5.31. The number of alkyl halides is 3. The molecular weight excluding hydrogens is 374 g/mol. The summed E-state index contributed by atoms with van der Waals surface area (Å²) in [6, 6.07) is 0. The second-order valence-corrected chi connectivity index (χ2v) is 9.00. The van der Waals surface area contributed by atoms with Crippen molar-refractivity contribution < 1.29 is 15.0 Å². The fourth-order valence-electron chi connectivity index (χ4n) is 0.736. The summed E-state index contributed by atoms with van der Waals surface area (Å²) in [5.74, 6) is -0.296. The Labute approximate surface area is 102 Å². The molecule has 0 spiro atoms. The highest BCUT2D eigenvalue weighted by molar-refractivity contribution is 9.40. The summed E-state index contributed by atoms with van der Waals surface area (Å²) in [4.78, 5) is 12.8. The number of aliphatic hydroxyl groups is 2. The molecular formula is C6H10Br3NO3. The van der Waals surface area contributed by atoms with E-state index >= 15 is 0 Å². The second kappa shape index (κ2) is 6.34. The van der Waals surface area contributed by atoms with Crippen LogP contribution in [0.1, 0.15) is 0 Å². The van der Waals surface area contributed by atoms with Gasteiger partial charge < -0.3 is 15.1 Å². The number of amides is 1.